The van der Waals surface area contributed by atoms with E-state index in [0.717, 1.165) is 19.3 Å². The van der Waals surface area contributed by atoms with Gasteiger partial charge in [0.25, 0.3) is 5.91 Å². The summed E-state index contributed by atoms with van der Waals surface area (Å²) in [5.41, 5.74) is 0.289. The Hall–Kier alpha value is -1.67. The van der Waals surface area contributed by atoms with Gasteiger partial charge in [-0.05, 0) is 25.8 Å². The van der Waals surface area contributed by atoms with Crippen LogP contribution >= 0.6 is 0 Å². The maximum Gasteiger partial charge on any atom is 0.267 e. The molecule has 0 fully saturated rings. The van der Waals surface area contributed by atoms with E-state index in [9.17, 15) is 18.0 Å². The van der Waals surface area contributed by atoms with Gasteiger partial charge >= 0.3 is 0 Å². The van der Waals surface area contributed by atoms with E-state index in [2.05, 4.69) is 10.0 Å². The van der Waals surface area contributed by atoms with Gasteiger partial charge in [0.05, 0.1) is 0 Å². The maximum absolute atomic E-state index is 12.2. The summed E-state index contributed by atoms with van der Waals surface area (Å²) in [7, 11) is -0.497. The van der Waals surface area contributed by atoms with Crippen LogP contribution in [-0.2, 0) is 21.9 Å². The molecule has 0 radical (unpaired) electrons. The average molecular weight is 343 g/mol. The lowest BCUT2D eigenvalue weighted by Crippen LogP contribution is -2.24. The lowest BCUT2D eigenvalue weighted by Gasteiger charge is -2.04. The summed E-state index contributed by atoms with van der Waals surface area (Å²) in [6.45, 7) is 1.91. The monoisotopic (exact) mass is 343 g/mol. The highest BCUT2D eigenvalue weighted by Gasteiger charge is 2.19. The molecule has 0 aliphatic rings. The molecule has 1 rings (SSSR count). The molecule has 0 saturated carbocycles. The van der Waals surface area contributed by atoms with Crippen LogP contribution in [0, 0.1) is 0 Å². The van der Waals surface area contributed by atoms with Crippen molar-refractivity contribution in [3.05, 3.63) is 18.0 Å². The topological polar surface area (TPSA) is 97.3 Å². The number of amides is 1. The molecular formula is C15H25N3O4S. The van der Waals surface area contributed by atoms with Crippen LogP contribution in [0.3, 0.4) is 0 Å². The summed E-state index contributed by atoms with van der Waals surface area (Å²) >= 11 is 0. The molecule has 2 N–H and O–H groups in total. The van der Waals surface area contributed by atoms with Crippen LogP contribution in [0.1, 0.15) is 49.5 Å². The van der Waals surface area contributed by atoms with Crippen molar-refractivity contribution in [1.82, 2.24) is 14.6 Å². The molecule has 1 aromatic heterocycles. The predicted octanol–water partition coefficient (Wildman–Crippen LogP) is 1.20. The number of carbonyl (C=O) groups is 2. The molecule has 0 aliphatic carbocycles. The molecule has 0 aromatic carbocycles. The van der Waals surface area contributed by atoms with Gasteiger partial charge in [-0.2, -0.15) is 0 Å². The van der Waals surface area contributed by atoms with Gasteiger partial charge in [0.1, 0.15) is 16.4 Å². The van der Waals surface area contributed by atoms with Gasteiger partial charge in [-0.15, -0.1) is 0 Å². The van der Waals surface area contributed by atoms with E-state index in [1.54, 1.807) is 14.0 Å². The number of Topliss-reactive ketones (excluding diaryl/α,β-unsaturated/α-hetero) is 1. The second-order valence-corrected chi connectivity index (χ2v) is 7.28. The minimum absolute atomic E-state index is 0.0789. The molecule has 0 atom stereocenters. The Balaban J connectivity index is 2.47. The van der Waals surface area contributed by atoms with E-state index >= 15 is 0 Å². The van der Waals surface area contributed by atoms with Crippen LogP contribution in [-0.4, -0.2) is 38.3 Å². The largest absolute Gasteiger partial charge is 0.354 e. The molecule has 0 bridgehead atoms. The third-order valence-corrected chi connectivity index (χ3v) is 4.93. The van der Waals surface area contributed by atoms with E-state index in [1.807, 2.05) is 0 Å². The number of hydrogen-bond donors (Lipinski definition) is 2. The van der Waals surface area contributed by atoms with Crippen molar-refractivity contribution in [1.29, 1.82) is 0 Å². The van der Waals surface area contributed by atoms with Crippen molar-refractivity contribution in [2.45, 2.75) is 43.9 Å². The summed E-state index contributed by atoms with van der Waals surface area (Å²) in [5, 5.41) is 2.47. The number of aromatic nitrogens is 1. The first-order valence-corrected chi connectivity index (χ1v) is 9.14. The summed E-state index contributed by atoms with van der Waals surface area (Å²) in [4.78, 5) is 22.5. The molecule has 8 heteroatoms. The number of sulfonamides is 1. The quantitative estimate of drug-likeness (QED) is 0.624. The zero-order valence-electron chi connectivity index (χ0n) is 13.9. The zero-order chi connectivity index (χ0) is 17.5. The van der Waals surface area contributed by atoms with Crippen molar-refractivity contribution in [3.8, 4) is 0 Å². The van der Waals surface area contributed by atoms with Gasteiger partial charge in [0, 0.05) is 33.3 Å². The maximum atomic E-state index is 12.2. The highest BCUT2D eigenvalue weighted by molar-refractivity contribution is 7.89. The molecule has 0 spiro atoms. The van der Waals surface area contributed by atoms with Crippen molar-refractivity contribution in [2.24, 2.45) is 7.05 Å². The number of rotatable bonds is 10. The standard InChI is InChI=1S/C15H25N3O4S/c1-12(19)8-6-4-5-7-9-17-23(21,22)13-10-14(15(20)16-2)18(3)11-13/h10-11,17H,4-9H2,1-3H3,(H,16,20). The molecule has 0 aliphatic heterocycles. The second kappa shape index (κ2) is 8.83. The molecule has 130 valence electrons. The summed E-state index contributed by atoms with van der Waals surface area (Å²) in [6.07, 6.45) is 5.34. The van der Waals surface area contributed by atoms with Crippen LogP contribution in [0.15, 0.2) is 17.2 Å². The van der Waals surface area contributed by atoms with Crippen molar-refractivity contribution in [2.75, 3.05) is 13.6 Å². The number of carbonyl (C=O) groups excluding carboxylic acids is 2. The molecule has 1 amide bonds. The van der Waals surface area contributed by atoms with Crippen LogP contribution in [0.5, 0.6) is 0 Å². The van der Waals surface area contributed by atoms with Gasteiger partial charge < -0.3 is 14.7 Å². The van der Waals surface area contributed by atoms with Crippen LogP contribution < -0.4 is 10.0 Å². The third-order valence-electron chi connectivity index (χ3n) is 3.50. The minimum atomic E-state index is -3.61. The van der Waals surface area contributed by atoms with E-state index in [-0.39, 0.29) is 22.3 Å². The van der Waals surface area contributed by atoms with Crippen LogP contribution in [0.4, 0.5) is 0 Å². The van der Waals surface area contributed by atoms with Crippen LogP contribution in [0.2, 0.25) is 0 Å². The summed E-state index contributed by atoms with van der Waals surface area (Å²) in [6, 6.07) is 1.36. The van der Waals surface area contributed by atoms with Gasteiger partial charge in [0.15, 0.2) is 0 Å². The second-order valence-electron chi connectivity index (χ2n) is 5.52. The molecule has 0 saturated heterocycles. The Morgan fingerprint density at radius 2 is 1.83 bits per heavy atom. The average Bonchev–Trinajstić information content (AvgIpc) is 2.88. The Bertz CT molecular complexity index is 650. The zero-order valence-corrected chi connectivity index (χ0v) is 14.7. The molecule has 23 heavy (non-hydrogen) atoms. The van der Waals surface area contributed by atoms with Crippen molar-refractivity contribution >= 4 is 21.7 Å². The number of unbranched alkanes of at least 4 members (excludes halogenated alkanes) is 3. The first kappa shape index (κ1) is 19.4. The van der Waals surface area contributed by atoms with Gasteiger partial charge in [-0.3, -0.25) is 4.79 Å². The minimum Gasteiger partial charge on any atom is -0.354 e. The van der Waals surface area contributed by atoms with E-state index in [0.29, 0.717) is 19.4 Å². The highest BCUT2D eigenvalue weighted by Crippen LogP contribution is 2.13. The normalized spacial score (nSPS) is 11.4. The molecule has 7 nitrogen and oxygen atoms in total. The van der Waals surface area contributed by atoms with E-state index < -0.39 is 10.0 Å². The fourth-order valence-corrected chi connectivity index (χ4v) is 3.32. The number of nitrogens with one attached hydrogen (secondary N) is 2. The first-order valence-electron chi connectivity index (χ1n) is 7.65. The Labute approximate surface area is 137 Å². The van der Waals surface area contributed by atoms with Gasteiger partial charge in [-0.25, -0.2) is 13.1 Å². The van der Waals surface area contributed by atoms with E-state index in [1.165, 1.54) is 23.9 Å². The number of ketones is 1. The summed E-state index contributed by atoms with van der Waals surface area (Å²) < 4.78 is 28.4. The third kappa shape index (κ3) is 6.15. The smallest absolute Gasteiger partial charge is 0.267 e. The Morgan fingerprint density at radius 3 is 2.43 bits per heavy atom. The lowest BCUT2D eigenvalue weighted by atomic mass is 10.1. The Kier molecular flexibility index (Phi) is 7.44. The molecule has 0 unspecified atom stereocenters. The Morgan fingerprint density at radius 1 is 1.17 bits per heavy atom. The molecule has 1 aromatic rings. The highest BCUT2D eigenvalue weighted by atomic mass is 32.2. The van der Waals surface area contributed by atoms with E-state index in [4.69, 9.17) is 0 Å². The van der Waals surface area contributed by atoms with Gasteiger partial charge in [-0.1, -0.05) is 12.8 Å². The number of hydrogen-bond acceptors (Lipinski definition) is 4. The lowest BCUT2D eigenvalue weighted by molar-refractivity contribution is -0.117. The first-order chi connectivity index (χ1) is 10.8. The fourth-order valence-electron chi connectivity index (χ4n) is 2.18. The SMILES string of the molecule is CNC(=O)c1cc(S(=O)(=O)NCCCCCCC(C)=O)cn1C. The number of aryl methyl sites for hydroxylation is 1. The summed E-state index contributed by atoms with van der Waals surface area (Å²) in [5.74, 6) is -0.152. The van der Waals surface area contributed by atoms with Crippen molar-refractivity contribution < 1.29 is 18.0 Å². The van der Waals surface area contributed by atoms with Crippen LogP contribution in [0.25, 0.3) is 0 Å². The molecule has 1 heterocycles. The van der Waals surface area contributed by atoms with Gasteiger partial charge in [0.2, 0.25) is 10.0 Å². The predicted molar refractivity (Wildman–Crippen MR) is 87.8 cm³/mol. The molecular weight excluding hydrogens is 318 g/mol. The van der Waals surface area contributed by atoms with Crippen molar-refractivity contribution in [3.63, 3.8) is 0 Å². The number of nitrogens with zero attached hydrogens (tertiary/aromatic N) is 1. The fraction of sp³-hybridized carbons (Fsp3) is 0.600.